The van der Waals surface area contributed by atoms with Crippen molar-refractivity contribution in [2.24, 2.45) is 5.84 Å². The highest BCUT2D eigenvalue weighted by molar-refractivity contribution is 5.94. The highest BCUT2D eigenvalue weighted by atomic mass is 16.2. The SMILES string of the molecule is Cc1cc(C(=O)N(C)Cc2ccccc2)ccc1NN. The zero-order valence-electron chi connectivity index (χ0n) is 11.8. The molecule has 0 aromatic heterocycles. The molecule has 4 nitrogen and oxygen atoms in total. The van der Waals surface area contributed by atoms with Crippen molar-refractivity contribution in [3.63, 3.8) is 0 Å². The minimum atomic E-state index is 0.000486. The number of carbonyl (C=O) groups is 1. The molecule has 0 spiro atoms. The van der Waals surface area contributed by atoms with Gasteiger partial charge in [0.05, 0.1) is 5.69 Å². The molecule has 0 bridgehead atoms. The van der Waals surface area contributed by atoms with Crippen molar-refractivity contribution in [2.75, 3.05) is 12.5 Å². The lowest BCUT2D eigenvalue weighted by molar-refractivity contribution is 0.0785. The molecule has 4 heteroatoms. The van der Waals surface area contributed by atoms with Crippen molar-refractivity contribution in [1.82, 2.24) is 4.90 Å². The van der Waals surface area contributed by atoms with E-state index in [9.17, 15) is 4.79 Å². The van der Waals surface area contributed by atoms with Crippen LogP contribution in [0, 0.1) is 6.92 Å². The van der Waals surface area contributed by atoms with E-state index in [1.54, 1.807) is 18.0 Å². The molecule has 0 aliphatic heterocycles. The number of nitrogens with zero attached hydrogens (tertiary/aromatic N) is 1. The lowest BCUT2D eigenvalue weighted by atomic mass is 10.1. The van der Waals surface area contributed by atoms with Gasteiger partial charge in [0.2, 0.25) is 0 Å². The van der Waals surface area contributed by atoms with E-state index in [-0.39, 0.29) is 5.91 Å². The Bertz CT molecular complexity index is 596. The highest BCUT2D eigenvalue weighted by Gasteiger charge is 2.12. The minimum absolute atomic E-state index is 0.000486. The van der Waals surface area contributed by atoms with E-state index in [4.69, 9.17) is 5.84 Å². The number of carbonyl (C=O) groups excluding carboxylic acids is 1. The van der Waals surface area contributed by atoms with Crippen molar-refractivity contribution < 1.29 is 4.79 Å². The van der Waals surface area contributed by atoms with E-state index in [0.717, 1.165) is 16.8 Å². The van der Waals surface area contributed by atoms with Gasteiger partial charge in [0.1, 0.15) is 0 Å². The Morgan fingerprint density at radius 2 is 1.90 bits per heavy atom. The number of anilines is 1. The average molecular weight is 269 g/mol. The molecule has 2 rings (SSSR count). The Morgan fingerprint density at radius 1 is 1.20 bits per heavy atom. The summed E-state index contributed by atoms with van der Waals surface area (Å²) in [6.45, 7) is 2.51. The lowest BCUT2D eigenvalue weighted by Gasteiger charge is -2.18. The molecule has 0 unspecified atom stereocenters. The standard InChI is InChI=1S/C16H19N3O/c1-12-10-14(8-9-15(12)18-17)16(20)19(2)11-13-6-4-3-5-7-13/h3-10,18H,11,17H2,1-2H3. The van der Waals surface area contributed by atoms with Gasteiger partial charge >= 0.3 is 0 Å². The van der Waals surface area contributed by atoms with Crippen LogP contribution in [0.25, 0.3) is 0 Å². The number of benzene rings is 2. The van der Waals surface area contributed by atoms with E-state index < -0.39 is 0 Å². The third-order valence-corrected chi connectivity index (χ3v) is 3.24. The predicted molar refractivity (Wildman–Crippen MR) is 81.2 cm³/mol. The summed E-state index contributed by atoms with van der Waals surface area (Å²) in [6, 6.07) is 15.4. The van der Waals surface area contributed by atoms with Gasteiger partial charge in [0.15, 0.2) is 0 Å². The van der Waals surface area contributed by atoms with Crippen molar-refractivity contribution in [2.45, 2.75) is 13.5 Å². The van der Waals surface area contributed by atoms with E-state index in [1.165, 1.54) is 0 Å². The molecule has 20 heavy (non-hydrogen) atoms. The van der Waals surface area contributed by atoms with Crippen LogP contribution in [0.2, 0.25) is 0 Å². The molecule has 104 valence electrons. The molecule has 0 aliphatic rings. The molecule has 2 aromatic rings. The molecule has 2 aromatic carbocycles. The van der Waals surface area contributed by atoms with E-state index in [0.29, 0.717) is 12.1 Å². The minimum Gasteiger partial charge on any atom is -0.337 e. The van der Waals surface area contributed by atoms with E-state index in [2.05, 4.69) is 5.43 Å². The maximum absolute atomic E-state index is 12.4. The molecule has 0 fully saturated rings. The first-order chi connectivity index (χ1) is 9.61. The Hall–Kier alpha value is -2.33. The smallest absolute Gasteiger partial charge is 0.253 e. The average Bonchev–Trinajstić information content (AvgIpc) is 2.47. The highest BCUT2D eigenvalue weighted by Crippen LogP contribution is 2.17. The molecule has 0 saturated carbocycles. The second-order valence-corrected chi connectivity index (χ2v) is 4.82. The summed E-state index contributed by atoms with van der Waals surface area (Å²) in [5.41, 5.74) is 6.16. The second kappa shape index (κ2) is 6.21. The van der Waals surface area contributed by atoms with Crippen LogP contribution in [-0.2, 0) is 6.54 Å². The van der Waals surface area contributed by atoms with Gasteiger partial charge in [-0.1, -0.05) is 30.3 Å². The summed E-state index contributed by atoms with van der Waals surface area (Å²) in [5, 5.41) is 0. The molecule has 0 aliphatic carbocycles. The first-order valence-corrected chi connectivity index (χ1v) is 6.48. The fourth-order valence-electron chi connectivity index (χ4n) is 2.11. The van der Waals surface area contributed by atoms with Crippen molar-refractivity contribution in [1.29, 1.82) is 0 Å². The Kier molecular flexibility index (Phi) is 4.38. The van der Waals surface area contributed by atoms with Gasteiger partial charge in [0, 0.05) is 19.2 Å². The van der Waals surface area contributed by atoms with E-state index in [1.807, 2.05) is 49.4 Å². The first-order valence-electron chi connectivity index (χ1n) is 6.48. The maximum Gasteiger partial charge on any atom is 0.253 e. The lowest BCUT2D eigenvalue weighted by Crippen LogP contribution is -2.26. The van der Waals surface area contributed by atoms with Crippen molar-refractivity contribution in [3.05, 3.63) is 65.2 Å². The maximum atomic E-state index is 12.4. The molecule has 3 N–H and O–H groups in total. The summed E-state index contributed by atoms with van der Waals surface area (Å²) < 4.78 is 0. The zero-order valence-corrected chi connectivity index (χ0v) is 11.8. The van der Waals surface area contributed by atoms with Crippen LogP contribution in [0.3, 0.4) is 0 Å². The Balaban J connectivity index is 2.12. The summed E-state index contributed by atoms with van der Waals surface area (Å²) in [6.07, 6.45) is 0. The third-order valence-electron chi connectivity index (χ3n) is 3.24. The fraction of sp³-hybridized carbons (Fsp3) is 0.188. The van der Waals surface area contributed by atoms with Crippen LogP contribution >= 0.6 is 0 Å². The van der Waals surface area contributed by atoms with Crippen LogP contribution in [-0.4, -0.2) is 17.9 Å². The Morgan fingerprint density at radius 3 is 2.50 bits per heavy atom. The van der Waals surface area contributed by atoms with Crippen LogP contribution in [0.5, 0.6) is 0 Å². The van der Waals surface area contributed by atoms with Gasteiger partial charge in [-0.15, -0.1) is 0 Å². The summed E-state index contributed by atoms with van der Waals surface area (Å²) in [5.74, 6) is 5.39. The van der Waals surface area contributed by atoms with Gasteiger partial charge < -0.3 is 10.3 Å². The topological polar surface area (TPSA) is 58.4 Å². The molecule has 0 radical (unpaired) electrons. The molecule has 1 amide bonds. The van der Waals surface area contributed by atoms with Crippen LogP contribution in [0.4, 0.5) is 5.69 Å². The van der Waals surface area contributed by atoms with Crippen LogP contribution < -0.4 is 11.3 Å². The van der Waals surface area contributed by atoms with Crippen LogP contribution in [0.1, 0.15) is 21.5 Å². The predicted octanol–water partition coefficient (Wildman–Crippen LogP) is 2.55. The summed E-state index contributed by atoms with van der Waals surface area (Å²) >= 11 is 0. The van der Waals surface area contributed by atoms with Crippen molar-refractivity contribution in [3.8, 4) is 0 Å². The van der Waals surface area contributed by atoms with E-state index >= 15 is 0 Å². The molecular weight excluding hydrogens is 250 g/mol. The third kappa shape index (κ3) is 3.16. The largest absolute Gasteiger partial charge is 0.337 e. The van der Waals surface area contributed by atoms with Gasteiger partial charge in [0.25, 0.3) is 5.91 Å². The fourth-order valence-corrected chi connectivity index (χ4v) is 2.11. The molecular formula is C16H19N3O. The number of nitrogens with one attached hydrogen (secondary N) is 1. The van der Waals surface area contributed by atoms with Gasteiger partial charge in [-0.25, -0.2) is 0 Å². The Labute approximate surface area is 119 Å². The molecule has 0 saturated heterocycles. The number of hydrogen-bond acceptors (Lipinski definition) is 3. The number of nitrogen functional groups attached to an aromatic ring is 1. The first kappa shape index (κ1) is 14.1. The molecule has 0 heterocycles. The number of aryl methyl sites for hydroxylation is 1. The number of amides is 1. The monoisotopic (exact) mass is 269 g/mol. The van der Waals surface area contributed by atoms with Gasteiger partial charge in [-0.2, -0.15) is 0 Å². The van der Waals surface area contributed by atoms with Gasteiger partial charge in [-0.05, 0) is 36.2 Å². The number of nitrogens with two attached hydrogens (primary N) is 1. The number of hydrogen-bond donors (Lipinski definition) is 2. The molecule has 0 atom stereocenters. The number of rotatable bonds is 4. The quantitative estimate of drug-likeness (QED) is 0.662. The van der Waals surface area contributed by atoms with Crippen LogP contribution in [0.15, 0.2) is 48.5 Å². The zero-order chi connectivity index (χ0) is 14.5. The summed E-state index contributed by atoms with van der Waals surface area (Å²) in [4.78, 5) is 14.1. The van der Waals surface area contributed by atoms with Gasteiger partial charge in [-0.3, -0.25) is 10.6 Å². The van der Waals surface area contributed by atoms with Crippen molar-refractivity contribution >= 4 is 11.6 Å². The number of hydrazine groups is 1. The normalized spacial score (nSPS) is 10.2. The summed E-state index contributed by atoms with van der Waals surface area (Å²) in [7, 11) is 1.81. The second-order valence-electron chi connectivity index (χ2n) is 4.82.